The number of pyridine rings is 1. The van der Waals surface area contributed by atoms with Crippen LogP contribution in [0.15, 0.2) is 60.8 Å². The molecule has 3 N–H and O–H groups in total. The smallest absolute Gasteiger partial charge is 0.305 e. The highest BCUT2D eigenvalue weighted by atomic mass is 16.4. The lowest BCUT2D eigenvalue weighted by Crippen LogP contribution is -2.26. The fourth-order valence-corrected chi connectivity index (χ4v) is 4.08. The van der Waals surface area contributed by atoms with Gasteiger partial charge in [0.2, 0.25) is 0 Å². The molecule has 1 heterocycles. The molecule has 178 valence electrons. The third-order valence-corrected chi connectivity index (χ3v) is 5.76. The number of hydrogen-bond donors (Lipinski definition) is 3. The lowest BCUT2D eigenvalue weighted by atomic mass is 9.92. The standard InChI is InChI=1S/C28H33N3O3/c1-18(2)16-24(21-8-10-22(11-9-21)27-19(3)6-5-7-20(27)4)31-25-13-12-23(17-30-25)28(34)29-15-14-26(32)33/h5-13,17-18,24H,14-16H2,1-4H3,(H,29,34)(H,30,31)(H,32,33). The molecular weight excluding hydrogens is 426 g/mol. The van der Waals surface area contributed by atoms with Gasteiger partial charge in [-0.25, -0.2) is 4.98 Å². The van der Waals surface area contributed by atoms with Gasteiger partial charge >= 0.3 is 5.97 Å². The molecule has 1 atom stereocenters. The Labute approximate surface area is 201 Å². The second-order valence-corrected chi connectivity index (χ2v) is 9.05. The van der Waals surface area contributed by atoms with E-state index in [1.54, 1.807) is 12.1 Å². The van der Waals surface area contributed by atoms with Gasteiger partial charge < -0.3 is 15.7 Å². The first-order valence-electron chi connectivity index (χ1n) is 11.6. The third kappa shape index (κ3) is 6.67. The zero-order chi connectivity index (χ0) is 24.7. The van der Waals surface area contributed by atoms with Crippen LogP contribution >= 0.6 is 0 Å². The Kier molecular flexibility index (Phi) is 8.41. The molecule has 0 aliphatic carbocycles. The zero-order valence-electron chi connectivity index (χ0n) is 20.3. The number of carboxylic acid groups (broad SMARTS) is 1. The number of nitrogens with one attached hydrogen (secondary N) is 2. The van der Waals surface area contributed by atoms with Crippen molar-refractivity contribution in [2.75, 3.05) is 11.9 Å². The maximum Gasteiger partial charge on any atom is 0.305 e. The van der Waals surface area contributed by atoms with Crippen molar-refractivity contribution in [3.05, 3.63) is 83.0 Å². The van der Waals surface area contributed by atoms with Gasteiger partial charge in [-0.15, -0.1) is 0 Å². The summed E-state index contributed by atoms with van der Waals surface area (Å²) in [4.78, 5) is 27.2. The average molecular weight is 460 g/mol. The SMILES string of the molecule is Cc1cccc(C)c1-c1ccc(C(CC(C)C)Nc2ccc(C(=O)NCCC(=O)O)cn2)cc1. The number of hydrogen-bond acceptors (Lipinski definition) is 4. The second kappa shape index (κ2) is 11.5. The molecule has 1 amide bonds. The summed E-state index contributed by atoms with van der Waals surface area (Å²) in [7, 11) is 0. The molecule has 0 radical (unpaired) electrons. The molecule has 0 spiro atoms. The molecule has 0 saturated carbocycles. The predicted molar refractivity (Wildman–Crippen MR) is 136 cm³/mol. The van der Waals surface area contributed by atoms with Gasteiger partial charge in [-0.05, 0) is 66.1 Å². The van der Waals surface area contributed by atoms with Crippen LogP contribution in [0.3, 0.4) is 0 Å². The number of aliphatic carboxylic acids is 1. The maximum absolute atomic E-state index is 12.2. The van der Waals surface area contributed by atoms with E-state index in [1.165, 1.54) is 34.0 Å². The second-order valence-electron chi connectivity index (χ2n) is 9.05. The highest BCUT2D eigenvalue weighted by Crippen LogP contribution is 2.30. The van der Waals surface area contributed by atoms with Crippen molar-refractivity contribution >= 4 is 17.7 Å². The highest BCUT2D eigenvalue weighted by Gasteiger charge is 2.16. The largest absolute Gasteiger partial charge is 0.481 e. The van der Waals surface area contributed by atoms with Gasteiger partial charge in [-0.1, -0.05) is 56.3 Å². The summed E-state index contributed by atoms with van der Waals surface area (Å²) < 4.78 is 0. The molecule has 3 aromatic rings. The van der Waals surface area contributed by atoms with E-state index < -0.39 is 5.97 Å². The van der Waals surface area contributed by atoms with Gasteiger partial charge in [0.25, 0.3) is 5.91 Å². The van der Waals surface area contributed by atoms with E-state index in [1.807, 2.05) is 0 Å². The minimum atomic E-state index is -0.948. The van der Waals surface area contributed by atoms with Crippen molar-refractivity contribution < 1.29 is 14.7 Å². The number of carbonyl (C=O) groups excluding carboxylic acids is 1. The van der Waals surface area contributed by atoms with Gasteiger partial charge in [-0.2, -0.15) is 0 Å². The van der Waals surface area contributed by atoms with Gasteiger partial charge in [0, 0.05) is 12.7 Å². The number of rotatable bonds is 10. The van der Waals surface area contributed by atoms with Crippen LogP contribution in [0.5, 0.6) is 0 Å². The van der Waals surface area contributed by atoms with E-state index in [2.05, 4.69) is 85.8 Å². The molecule has 2 aromatic carbocycles. The quantitative estimate of drug-likeness (QED) is 0.358. The van der Waals surface area contributed by atoms with Gasteiger partial charge in [0.1, 0.15) is 5.82 Å². The predicted octanol–water partition coefficient (Wildman–Crippen LogP) is 5.77. The first-order chi connectivity index (χ1) is 16.2. The van der Waals surface area contributed by atoms with Crippen LogP contribution in [0.1, 0.15) is 59.8 Å². The third-order valence-electron chi connectivity index (χ3n) is 5.76. The average Bonchev–Trinajstić information content (AvgIpc) is 2.79. The summed E-state index contributed by atoms with van der Waals surface area (Å²) >= 11 is 0. The van der Waals surface area contributed by atoms with E-state index in [9.17, 15) is 9.59 Å². The van der Waals surface area contributed by atoms with Crippen LogP contribution in [0.25, 0.3) is 11.1 Å². The van der Waals surface area contributed by atoms with Crippen molar-refractivity contribution in [3.63, 3.8) is 0 Å². The number of carboxylic acids is 1. The van der Waals surface area contributed by atoms with Crippen molar-refractivity contribution in [1.29, 1.82) is 0 Å². The lowest BCUT2D eigenvalue weighted by Gasteiger charge is -2.22. The minimum absolute atomic E-state index is 0.0785. The molecule has 1 unspecified atom stereocenters. The number of anilines is 1. The molecular formula is C28H33N3O3. The van der Waals surface area contributed by atoms with Crippen molar-refractivity contribution in [2.45, 2.75) is 46.6 Å². The normalized spacial score (nSPS) is 11.8. The summed E-state index contributed by atoms with van der Waals surface area (Å²) in [5.41, 5.74) is 6.59. The summed E-state index contributed by atoms with van der Waals surface area (Å²) in [6.07, 6.45) is 2.33. The van der Waals surface area contributed by atoms with E-state index in [4.69, 9.17) is 5.11 Å². The summed E-state index contributed by atoms with van der Waals surface area (Å²) in [5.74, 6) is -0.112. The molecule has 0 saturated heterocycles. The van der Waals surface area contributed by atoms with E-state index >= 15 is 0 Å². The fourth-order valence-electron chi connectivity index (χ4n) is 4.08. The molecule has 0 aliphatic rings. The summed E-state index contributed by atoms with van der Waals surface area (Å²) in [5, 5.41) is 14.8. The Bertz CT molecular complexity index is 1100. The number of carbonyl (C=O) groups is 2. The molecule has 1 aromatic heterocycles. The van der Waals surface area contributed by atoms with E-state index in [0.717, 1.165) is 6.42 Å². The summed E-state index contributed by atoms with van der Waals surface area (Å²) in [6, 6.07) is 18.6. The monoisotopic (exact) mass is 459 g/mol. The molecule has 3 rings (SSSR count). The first-order valence-corrected chi connectivity index (χ1v) is 11.6. The molecule has 34 heavy (non-hydrogen) atoms. The maximum atomic E-state index is 12.2. The van der Waals surface area contributed by atoms with E-state index in [0.29, 0.717) is 17.3 Å². The number of amides is 1. The Morgan fingerprint density at radius 2 is 1.65 bits per heavy atom. The van der Waals surface area contributed by atoms with Gasteiger partial charge in [0.15, 0.2) is 0 Å². The molecule has 6 nitrogen and oxygen atoms in total. The number of aryl methyl sites for hydroxylation is 2. The minimum Gasteiger partial charge on any atom is -0.481 e. The Morgan fingerprint density at radius 1 is 0.971 bits per heavy atom. The van der Waals surface area contributed by atoms with Crippen LogP contribution in [0, 0.1) is 19.8 Å². The fraction of sp³-hybridized carbons (Fsp3) is 0.321. The van der Waals surface area contributed by atoms with Gasteiger partial charge in [-0.3, -0.25) is 9.59 Å². The van der Waals surface area contributed by atoms with Crippen LogP contribution in [-0.2, 0) is 4.79 Å². The summed E-state index contributed by atoms with van der Waals surface area (Å²) in [6.45, 7) is 8.75. The topological polar surface area (TPSA) is 91.3 Å². The van der Waals surface area contributed by atoms with Crippen LogP contribution in [-0.4, -0.2) is 28.5 Å². The van der Waals surface area contributed by atoms with Crippen molar-refractivity contribution in [2.24, 2.45) is 5.92 Å². The molecule has 0 aliphatic heterocycles. The lowest BCUT2D eigenvalue weighted by molar-refractivity contribution is -0.136. The Morgan fingerprint density at radius 3 is 2.21 bits per heavy atom. The Hall–Kier alpha value is -3.67. The van der Waals surface area contributed by atoms with Crippen LogP contribution in [0.4, 0.5) is 5.82 Å². The number of nitrogens with zero attached hydrogens (tertiary/aromatic N) is 1. The molecule has 6 heteroatoms. The molecule has 0 fully saturated rings. The number of benzene rings is 2. The van der Waals surface area contributed by atoms with Gasteiger partial charge in [0.05, 0.1) is 18.0 Å². The van der Waals surface area contributed by atoms with Crippen molar-refractivity contribution in [3.8, 4) is 11.1 Å². The van der Waals surface area contributed by atoms with Crippen LogP contribution in [0.2, 0.25) is 0 Å². The van der Waals surface area contributed by atoms with Crippen molar-refractivity contribution in [1.82, 2.24) is 10.3 Å². The zero-order valence-corrected chi connectivity index (χ0v) is 20.3. The molecule has 0 bridgehead atoms. The number of aromatic nitrogens is 1. The Balaban J connectivity index is 1.74. The van der Waals surface area contributed by atoms with Crippen LogP contribution < -0.4 is 10.6 Å². The first kappa shape index (κ1) is 25.0. The highest BCUT2D eigenvalue weighted by molar-refractivity contribution is 5.94. The van der Waals surface area contributed by atoms with E-state index in [-0.39, 0.29) is 24.9 Å².